The molecule has 0 heterocycles. The van der Waals surface area contributed by atoms with Crippen LogP contribution >= 0.6 is 0 Å². The van der Waals surface area contributed by atoms with E-state index in [9.17, 15) is 14.7 Å². The predicted octanol–water partition coefficient (Wildman–Crippen LogP) is 13.4. The van der Waals surface area contributed by atoms with E-state index in [-0.39, 0.29) is 24.0 Å². The third-order valence-electron chi connectivity index (χ3n) is 11.5. The molecule has 0 aromatic carbocycles. The molecule has 0 saturated carbocycles. The lowest BCUT2D eigenvalue weighted by Crippen LogP contribution is -2.32. The minimum atomic E-state index is -0.436. The molecule has 0 unspecified atom stereocenters. The van der Waals surface area contributed by atoms with Crippen molar-refractivity contribution >= 4 is 11.9 Å². The summed E-state index contributed by atoms with van der Waals surface area (Å²) in [6, 6.07) is 0. The first kappa shape index (κ1) is 51.9. The van der Waals surface area contributed by atoms with E-state index in [2.05, 4.69) is 53.4 Å². The zero-order valence-corrected chi connectivity index (χ0v) is 36.9. The normalized spacial score (nSPS) is 12.3. The summed E-state index contributed by atoms with van der Waals surface area (Å²) in [6.45, 7) is 19.6. The number of rotatable bonds is 40. The minimum Gasteiger partial charge on any atom is -0.466 e. The van der Waals surface area contributed by atoms with Crippen molar-refractivity contribution in [3.05, 3.63) is 0 Å². The standard InChI is InChI=1S/C47H93NO5/c1-8-11-14-17-18-23-30-41-52-44(50)33-26-28-34-46(4,5)36-38-48(39-40-49)37-29-22-21-27-35-47(6,7)45(51)53-42-43(31-24-19-15-12-9-2)32-25-20-16-13-10-3/h43,49H,8-42H2,1-7H3. The average Bonchev–Trinajstić information content (AvgIpc) is 3.13. The van der Waals surface area contributed by atoms with Crippen LogP contribution in [0.5, 0.6) is 0 Å². The lowest BCUT2D eigenvalue weighted by Gasteiger charge is -2.29. The molecule has 0 radical (unpaired) electrons. The smallest absolute Gasteiger partial charge is 0.311 e. The van der Waals surface area contributed by atoms with Crippen molar-refractivity contribution in [2.45, 2.75) is 235 Å². The Hall–Kier alpha value is -1.14. The van der Waals surface area contributed by atoms with E-state index in [1.54, 1.807) is 0 Å². The summed E-state index contributed by atoms with van der Waals surface area (Å²) in [6.07, 6.45) is 33.9. The van der Waals surface area contributed by atoms with E-state index >= 15 is 0 Å². The fraction of sp³-hybridized carbons (Fsp3) is 0.957. The third-order valence-corrected chi connectivity index (χ3v) is 11.5. The van der Waals surface area contributed by atoms with E-state index in [0.29, 0.717) is 25.6 Å². The Kier molecular flexibility index (Phi) is 34.5. The van der Waals surface area contributed by atoms with Crippen molar-refractivity contribution in [1.82, 2.24) is 4.90 Å². The molecule has 0 saturated heterocycles. The first-order chi connectivity index (χ1) is 25.5. The fourth-order valence-electron chi connectivity index (χ4n) is 7.38. The van der Waals surface area contributed by atoms with Crippen LogP contribution in [0.1, 0.15) is 235 Å². The molecule has 0 atom stereocenters. The van der Waals surface area contributed by atoms with E-state index in [4.69, 9.17) is 9.47 Å². The van der Waals surface area contributed by atoms with Gasteiger partial charge in [-0.3, -0.25) is 9.59 Å². The summed E-state index contributed by atoms with van der Waals surface area (Å²) in [4.78, 5) is 27.7. The monoisotopic (exact) mass is 752 g/mol. The molecule has 0 spiro atoms. The number of aliphatic hydroxyl groups is 1. The maximum atomic E-state index is 13.2. The summed E-state index contributed by atoms with van der Waals surface area (Å²) in [5.74, 6) is 0.447. The maximum Gasteiger partial charge on any atom is 0.311 e. The van der Waals surface area contributed by atoms with Crippen molar-refractivity contribution in [2.24, 2.45) is 16.7 Å². The van der Waals surface area contributed by atoms with Gasteiger partial charge in [-0.2, -0.15) is 0 Å². The van der Waals surface area contributed by atoms with Crippen LogP contribution in [0, 0.1) is 16.7 Å². The lowest BCUT2D eigenvalue weighted by molar-refractivity contribution is -0.156. The van der Waals surface area contributed by atoms with Crippen molar-refractivity contribution < 1.29 is 24.2 Å². The maximum absolute atomic E-state index is 13.2. The summed E-state index contributed by atoms with van der Waals surface area (Å²) in [7, 11) is 0. The van der Waals surface area contributed by atoms with Gasteiger partial charge < -0.3 is 19.5 Å². The quantitative estimate of drug-likeness (QED) is 0.0496. The number of unbranched alkanes of at least 4 members (excludes halogenated alkanes) is 18. The van der Waals surface area contributed by atoms with Crippen LogP contribution in [0.2, 0.25) is 0 Å². The fourth-order valence-corrected chi connectivity index (χ4v) is 7.38. The van der Waals surface area contributed by atoms with Crippen molar-refractivity contribution in [2.75, 3.05) is 39.5 Å². The molecule has 0 aliphatic carbocycles. The zero-order valence-electron chi connectivity index (χ0n) is 36.9. The van der Waals surface area contributed by atoms with Crippen molar-refractivity contribution in [3.63, 3.8) is 0 Å². The average molecular weight is 752 g/mol. The van der Waals surface area contributed by atoms with E-state index in [0.717, 1.165) is 90.3 Å². The number of carbonyl (C=O) groups is 2. The van der Waals surface area contributed by atoms with Gasteiger partial charge in [0.25, 0.3) is 0 Å². The lowest BCUT2D eigenvalue weighted by atomic mass is 9.83. The second-order valence-corrected chi connectivity index (χ2v) is 17.9. The Morgan fingerprint density at radius 3 is 1.64 bits per heavy atom. The SMILES string of the molecule is CCCCCCCCCOC(=O)CCCCC(C)(C)CCN(CCO)CCCCCCC(C)(C)C(=O)OCC(CCCCCCC)CCCCCCC. The highest BCUT2D eigenvalue weighted by Crippen LogP contribution is 2.29. The van der Waals surface area contributed by atoms with Crippen molar-refractivity contribution in [1.29, 1.82) is 0 Å². The molecule has 0 aliphatic heterocycles. The van der Waals surface area contributed by atoms with Gasteiger partial charge in [0.2, 0.25) is 0 Å². The van der Waals surface area contributed by atoms with E-state index in [1.807, 2.05) is 0 Å². The Labute approximate surface area is 331 Å². The summed E-state index contributed by atoms with van der Waals surface area (Å²) < 4.78 is 11.5. The van der Waals surface area contributed by atoms with E-state index in [1.165, 1.54) is 109 Å². The van der Waals surface area contributed by atoms with Crippen LogP contribution < -0.4 is 0 Å². The molecule has 6 nitrogen and oxygen atoms in total. The topological polar surface area (TPSA) is 76.1 Å². The van der Waals surface area contributed by atoms with Crippen LogP contribution in [0.4, 0.5) is 0 Å². The molecule has 0 aromatic rings. The molecular weight excluding hydrogens is 659 g/mol. The summed E-state index contributed by atoms with van der Waals surface area (Å²) >= 11 is 0. The highest BCUT2D eigenvalue weighted by molar-refractivity contribution is 5.75. The highest BCUT2D eigenvalue weighted by Gasteiger charge is 2.29. The first-order valence-corrected chi connectivity index (χ1v) is 23.2. The van der Waals surface area contributed by atoms with Gasteiger partial charge in [0.05, 0.1) is 25.2 Å². The number of carbonyl (C=O) groups excluding carboxylic acids is 2. The van der Waals surface area contributed by atoms with Crippen LogP contribution in [0.3, 0.4) is 0 Å². The molecule has 53 heavy (non-hydrogen) atoms. The molecule has 0 rings (SSSR count). The number of nitrogens with zero attached hydrogens (tertiary/aromatic N) is 1. The molecular formula is C47H93NO5. The van der Waals surface area contributed by atoms with Crippen LogP contribution in [-0.2, 0) is 19.1 Å². The largest absolute Gasteiger partial charge is 0.466 e. The van der Waals surface area contributed by atoms with Gasteiger partial charge in [0, 0.05) is 13.0 Å². The van der Waals surface area contributed by atoms with Gasteiger partial charge in [-0.1, -0.05) is 163 Å². The van der Waals surface area contributed by atoms with Crippen LogP contribution in [-0.4, -0.2) is 61.4 Å². The highest BCUT2D eigenvalue weighted by atomic mass is 16.5. The Balaban J connectivity index is 4.31. The molecule has 0 bridgehead atoms. The van der Waals surface area contributed by atoms with Gasteiger partial charge in [0.15, 0.2) is 0 Å². The number of ether oxygens (including phenoxy) is 2. The molecule has 316 valence electrons. The molecule has 6 heteroatoms. The van der Waals surface area contributed by atoms with Gasteiger partial charge in [-0.05, 0) is 89.6 Å². The first-order valence-electron chi connectivity index (χ1n) is 23.2. The number of esters is 2. The Bertz CT molecular complexity index is 814. The van der Waals surface area contributed by atoms with Gasteiger partial charge in [0.1, 0.15) is 0 Å². The second-order valence-electron chi connectivity index (χ2n) is 17.9. The number of aliphatic hydroxyl groups excluding tert-OH is 1. The van der Waals surface area contributed by atoms with Gasteiger partial charge in [-0.25, -0.2) is 0 Å². The van der Waals surface area contributed by atoms with Crippen molar-refractivity contribution in [3.8, 4) is 0 Å². The van der Waals surface area contributed by atoms with Crippen LogP contribution in [0.25, 0.3) is 0 Å². The molecule has 0 aromatic heterocycles. The minimum absolute atomic E-state index is 0.0186. The van der Waals surface area contributed by atoms with E-state index < -0.39 is 5.41 Å². The number of hydrogen-bond donors (Lipinski definition) is 1. The zero-order chi connectivity index (χ0) is 39.5. The predicted molar refractivity (Wildman–Crippen MR) is 227 cm³/mol. The Morgan fingerprint density at radius 1 is 0.547 bits per heavy atom. The Morgan fingerprint density at radius 2 is 1.06 bits per heavy atom. The second kappa shape index (κ2) is 35.3. The van der Waals surface area contributed by atoms with Gasteiger partial charge in [-0.15, -0.1) is 0 Å². The summed E-state index contributed by atoms with van der Waals surface area (Å²) in [5, 5.41) is 9.70. The third kappa shape index (κ3) is 32.8. The summed E-state index contributed by atoms with van der Waals surface area (Å²) in [5.41, 5.74) is -0.228. The molecule has 0 amide bonds. The molecule has 0 fully saturated rings. The molecule has 1 N–H and O–H groups in total. The number of hydrogen-bond acceptors (Lipinski definition) is 6. The van der Waals surface area contributed by atoms with Crippen LogP contribution in [0.15, 0.2) is 0 Å². The molecule has 0 aliphatic rings. The van der Waals surface area contributed by atoms with Gasteiger partial charge >= 0.3 is 11.9 Å².